The molecule has 1 amide bonds. The molecule has 3 aromatic carbocycles. The number of sulfonamides is 1. The smallest absolute Gasteiger partial charge is 0.264 e. The Labute approximate surface area is 203 Å². The van der Waals surface area contributed by atoms with E-state index in [2.05, 4.69) is 10.4 Å². The van der Waals surface area contributed by atoms with E-state index < -0.39 is 15.9 Å². The highest BCUT2D eigenvalue weighted by molar-refractivity contribution is 7.92. The molecule has 8 nitrogen and oxygen atoms in total. The molecule has 35 heavy (non-hydrogen) atoms. The first-order valence-corrected chi connectivity index (χ1v) is 12.6. The van der Waals surface area contributed by atoms with Gasteiger partial charge in [-0.1, -0.05) is 30.3 Å². The monoisotopic (exact) mass is 488 g/mol. The minimum Gasteiger partial charge on any atom is -0.496 e. The fourth-order valence-corrected chi connectivity index (χ4v) is 5.71. The molecule has 0 fully saturated rings. The van der Waals surface area contributed by atoms with E-state index in [0.29, 0.717) is 36.6 Å². The molecule has 1 aliphatic heterocycles. The maximum Gasteiger partial charge on any atom is 0.264 e. The first-order valence-electron chi connectivity index (χ1n) is 11.1. The van der Waals surface area contributed by atoms with Crippen LogP contribution in [0.2, 0.25) is 0 Å². The molecule has 0 radical (unpaired) electrons. The average Bonchev–Trinajstić information content (AvgIpc) is 3.55. The number of rotatable bonds is 7. The van der Waals surface area contributed by atoms with Crippen molar-refractivity contribution >= 4 is 27.3 Å². The maximum atomic E-state index is 13.4. The molecule has 0 spiro atoms. The Kier molecular flexibility index (Phi) is 6.00. The van der Waals surface area contributed by atoms with Crippen molar-refractivity contribution in [2.45, 2.75) is 17.9 Å². The molecule has 9 heteroatoms. The number of amides is 1. The summed E-state index contributed by atoms with van der Waals surface area (Å²) in [4.78, 5) is 13.2. The third-order valence-corrected chi connectivity index (χ3v) is 7.77. The van der Waals surface area contributed by atoms with Crippen molar-refractivity contribution in [1.29, 1.82) is 0 Å². The number of hydrogen-bond acceptors (Lipinski definition) is 5. The zero-order valence-corrected chi connectivity index (χ0v) is 19.9. The molecule has 0 aliphatic carbocycles. The van der Waals surface area contributed by atoms with Gasteiger partial charge in [-0.25, -0.2) is 8.42 Å². The topological polar surface area (TPSA) is 93.5 Å². The number of nitrogens with one attached hydrogen (secondary N) is 1. The van der Waals surface area contributed by atoms with Gasteiger partial charge in [-0.15, -0.1) is 0 Å². The third-order valence-electron chi connectivity index (χ3n) is 5.96. The number of fused-ring (bicyclic) bond motifs is 1. The fraction of sp³-hybridized carbons (Fsp3) is 0.154. The third kappa shape index (κ3) is 4.50. The maximum absolute atomic E-state index is 13.4. The van der Waals surface area contributed by atoms with E-state index in [1.54, 1.807) is 24.4 Å². The number of methoxy groups -OCH3 is 1. The van der Waals surface area contributed by atoms with Crippen LogP contribution in [0, 0.1) is 0 Å². The molecule has 0 saturated carbocycles. The first-order chi connectivity index (χ1) is 17.0. The van der Waals surface area contributed by atoms with Crippen LogP contribution < -0.4 is 14.4 Å². The van der Waals surface area contributed by atoms with Crippen LogP contribution in [0.1, 0.15) is 21.5 Å². The Morgan fingerprint density at radius 1 is 1.06 bits per heavy atom. The second kappa shape index (κ2) is 9.27. The highest BCUT2D eigenvalue weighted by Crippen LogP contribution is 2.34. The lowest BCUT2D eigenvalue weighted by atomic mass is 10.1. The molecule has 2 heterocycles. The van der Waals surface area contributed by atoms with Crippen molar-refractivity contribution in [3.05, 3.63) is 102 Å². The zero-order valence-electron chi connectivity index (χ0n) is 19.1. The molecule has 0 unspecified atom stereocenters. The lowest BCUT2D eigenvalue weighted by Gasteiger charge is -2.20. The van der Waals surface area contributed by atoms with E-state index in [-0.39, 0.29) is 10.5 Å². The van der Waals surface area contributed by atoms with Crippen LogP contribution in [0.3, 0.4) is 0 Å². The number of carbonyl (C=O) groups excluding carboxylic acids is 1. The first kappa shape index (κ1) is 22.7. The number of para-hydroxylation sites is 1. The Morgan fingerprint density at radius 3 is 2.60 bits per heavy atom. The molecular weight excluding hydrogens is 464 g/mol. The number of nitrogens with zero attached hydrogens (tertiary/aromatic N) is 3. The van der Waals surface area contributed by atoms with Gasteiger partial charge in [0.25, 0.3) is 15.9 Å². The second-order valence-corrected chi connectivity index (χ2v) is 10.0. The van der Waals surface area contributed by atoms with Crippen LogP contribution in [0.25, 0.3) is 0 Å². The van der Waals surface area contributed by atoms with Gasteiger partial charge in [0.15, 0.2) is 0 Å². The van der Waals surface area contributed by atoms with Gasteiger partial charge in [0.05, 0.1) is 29.8 Å². The molecule has 0 saturated heterocycles. The molecular formula is C26H24N4O4S. The van der Waals surface area contributed by atoms with Gasteiger partial charge in [0.1, 0.15) is 5.75 Å². The Bertz CT molecular complexity index is 1470. The van der Waals surface area contributed by atoms with Gasteiger partial charge in [-0.05, 0) is 60.0 Å². The molecule has 1 aromatic heterocycles. The lowest BCUT2D eigenvalue weighted by molar-refractivity contribution is 0.102. The summed E-state index contributed by atoms with van der Waals surface area (Å²) in [6.07, 6.45) is 4.25. The number of aromatic nitrogens is 2. The standard InChI is InChI=1S/C26H24N4O4S/c1-34-25-12-11-22(35(32,33)30-16-13-20-5-2-3-6-24(20)30)17-23(25)26(31)28-21-9-7-19(8-10-21)18-29-15-4-14-27-29/h2-12,14-15,17H,13,16,18H2,1H3,(H,28,31). The molecule has 1 aliphatic rings. The SMILES string of the molecule is COc1ccc(S(=O)(=O)N2CCc3ccccc32)cc1C(=O)Nc1ccc(Cn2cccn2)cc1. The molecule has 1 N–H and O–H groups in total. The summed E-state index contributed by atoms with van der Waals surface area (Å²) in [6.45, 7) is 0.981. The van der Waals surface area contributed by atoms with E-state index in [1.807, 2.05) is 47.3 Å². The normalized spacial score (nSPS) is 12.9. The molecule has 5 rings (SSSR count). The van der Waals surface area contributed by atoms with Crippen molar-refractivity contribution in [1.82, 2.24) is 9.78 Å². The number of benzene rings is 3. The summed E-state index contributed by atoms with van der Waals surface area (Å²) in [5.74, 6) is -0.167. The summed E-state index contributed by atoms with van der Waals surface area (Å²) in [5, 5.41) is 7.02. The minimum atomic E-state index is -3.85. The summed E-state index contributed by atoms with van der Waals surface area (Å²) < 4.78 is 35.4. The zero-order chi connectivity index (χ0) is 24.4. The van der Waals surface area contributed by atoms with Gasteiger partial charge in [0.2, 0.25) is 0 Å². The fourth-order valence-electron chi connectivity index (χ4n) is 4.18. The predicted octanol–water partition coefficient (Wildman–Crippen LogP) is 3.94. The second-order valence-electron chi connectivity index (χ2n) is 8.17. The Balaban J connectivity index is 1.38. The van der Waals surface area contributed by atoms with Crippen molar-refractivity contribution < 1.29 is 17.9 Å². The number of carbonyl (C=O) groups is 1. The van der Waals surface area contributed by atoms with E-state index in [0.717, 1.165) is 11.1 Å². The van der Waals surface area contributed by atoms with Gasteiger partial charge < -0.3 is 10.1 Å². The van der Waals surface area contributed by atoms with Gasteiger partial charge >= 0.3 is 0 Å². The van der Waals surface area contributed by atoms with Crippen LogP contribution in [-0.4, -0.2) is 37.8 Å². The van der Waals surface area contributed by atoms with Crippen molar-refractivity contribution in [3.63, 3.8) is 0 Å². The largest absolute Gasteiger partial charge is 0.496 e. The minimum absolute atomic E-state index is 0.0368. The highest BCUT2D eigenvalue weighted by atomic mass is 32.2. The quantitative estimate of drug-likeness (QED) is 0.425. The lowest BCUT2D eigenvalue weighted by Crippen LogP contribution is -2.29. The van der Waals surface area contributed by atoms with Crippen LogP contribution in [-0.2, 0) is 23.0 Å². The van der Waals surface area contributed by atoms with E-state index in [9.17, 15) is 13.2 Å². The molecule has 0 bridgehead atoms. The Hall–Kier alpha value is -4.11. The van der Waals surface area contributed by atoms with Crippen LogP contribution >= 0.6 is 0 Å². The van der Waals surface area contributed by atoms with Gasteiger partial charge in [-0.3, -0.25) is 13.8 Å². The van der Waals surface area contributed by atoms with E-state index in [1.165, 1.54) is 29.6 Å². The molecule has 0 atom stereocenters. The van der Waals surface area contributed by atoms with Crippen LogP contribution in [0.5, 0.6) is 5.75 Å². The van der Waals surface area contributed by atoms with Gasteiger partial charge in [0, 0.05) is 24.6 Å². The van der Waals surface area contributed by atoms with Crippen molar-refractivity contribution in [2.75, 3.05) is 23.3 Å². The number of hydrogen-bond donors (Lipinski definition) is 1. The van der Waals surface area contributed by atoms with E-state index in [4.69, 9.17) is 4.74 Å². The van der Waals surface area contributed by atoms with Crippen molar-refractivity contribution in [2.24, 2.45) is 0 Å². The van der Waals surface area contributed by atoms with Crippen LogP contribution in [0.4, 0.5) is 11.4 Å². The van der Waals surface area contributed by atoms with Gasteiger partial charge in [-0.2, -0.15) is 5.10 Å². The summed E-state index contributed by atoms with van der Waals surface area (Å²) >= 11 is 0. The summed E-state index contributed by atoms with van der Waals surface area (Å²) in [5.41, 5.74) is 3.41. The van der Waals surface area contributed by atoms with Crippen LogP contribution in [0.15, 0.2) is 90.1 Å². The Morgan fingerprint density at radius 2 is 1.86 bits per heavy atom. The summed E-state index contributed by atoms with van der Waals surface area (Å²) in [6, 6.07) is 21.1. The summed E-state index contributed by atoms with van der Waals surface area (Å²) in [7, 11) is -2.40. The predicted molar refractivity (Wildman–Crippen MR) is 133 cm³/mol. The number of anilines is 2. The van der Waals surface area contributed by atoms with Crippen molar-refractivity contribution in [3.8, 4) is 5.75 Å². The average molecular weight is 489 g/mol. The molecule has 178 valence electrons. The number of ether oxygens (including phenoxy) is 1. The van der Waals surface area contributed by atoms with E-state index >= 15 is 0 Å². The molecule has 4 aromatic rings. The highest BCUT2D eigenvalue weighted by Gasteiger charge is 2.31.